The first-order chi connectivity index (χ1) is 6.95. The van der Waals surface area contributed by atoms with Crippen LogP contribution in [0.15, 0.2) is 23.8 Å². The Hall–Kier alpha value is -0.850. The van der Waals surface area contributed by atoms with Gasteiger partial charge in [-0.05, 0) is 30.3 Å². The summed E-state index contributed by atoms with van der Waals surface area (Å²) in [6, 6.07) is 0. The topological polar surface area (TPSA) is 17.1 Å². The first-order valence-corrected chi connectivity index (χ1v) is 5.86. The highest BCUT2D eigenvalue weighted by Gasteiger charge is 2.32. The van der Waals surface area contributed by atoms with Gasteiger partial charge in [0.25, 0.3) is 0 Å². The second kappa shape index (κ2) is 4.78. The Morgan fingerprint density at radius 3 is 2.67 bits per heavy atom. The molecule has 0 saturated heterocycles. The normalized spacial score (nSPS) is 27.7. The molecule has 0 spiro atoms. The molecule has 0 amide bonds. The van der Waals surface area contributed by atoms with Crippen LogP contribution in [-0.4, -0.2) is 5.78 Å². The van der Waals surface area contributed by atoms with Crippen LogP contribution in [0.25, 0.3) is 0 Å². The van der Waals surface area contributed by atoms with Gasteiger partial charge in [0.05, 0.1) is 0 Å². The van der Waals surface area contributed by atoms with Gasteiger partial charge in [0, 0.05) is 6.42 Å². The van der Waals surface area contributed by atoms with Gasteiger partial charge in [0.2, 0.25) is 0 Å². The van der Waals surface area contributed by atoms with E-state index in [0.717, 1.165) is 5.92 Å². The fourth-order valence-corrected chi connectivity index (χ4v) is 2.41. The van der Waals surface area contributed by atoms with Crippen LogP contribution in [0.3, 0.4) is 0 Å². The highest BCUT2D eigenvalue weighted by Crippen LogP contribution is 2.45. The SMILES string of the molecule is CCC(=O)/C=C/C=C1\CC(C)CC1(C)C. The number of allylic oxidation sites excluding steroid dienone is 4. The maximum Gasteiger partial charge on any atom is 0.155 e. The van der Waals surface area contributed by atoms with E-state index < -0.39 is 0 Å². The average molecular weight is 206 g/mol. The summed E-state index contributed by atoms with van der Waals surface area (Å²) in [6.07, 6.45) is 8.77. The lowest BCUT2D eigenvalue weighted by Gasteiger charge is -2.19. The summed E-state index contributed by atoms with van der Waals surface area (Å²) in [5.41, 5.74) is 1.80. The first-order valence-electron chi connectivity index (χ1n) is 5.86. The predicted octanol–water partition coefficient (Wildman–Crippen LogP) is 3.90. The Morgan fingerprint density at radius 1 is 1.53 bits per heavy atom. The Balaban J connectivity index is 2.68. The molecule has 15 heavy (non-hydrogen) atoms. The summed E-state index contributed by atoms with van der Waals surface area (Å²) in [5.74, 6) is 0.984. The quantitative estimate of drug-likeness (QED) is 0.640. The van der Waals surface area contributed by atoms with Crippen LogP contribution in [0.1, 0.15) is 47.0 Å². The molecule has 1 rings (SSSR count). The highest BCUT2D eigenvalue weighted by molar-refractivity contribution is 5.89. The van der Waals surface area contributed by atoms with E-state index in [4.69, 9.17) is 0 Å². The molecule has 0 N–H and O–H groups in total. The zero-order valence-electron chi connectivity index (χ0n) is 10.3. The van der Waals surface area contributed by atoms with E-state index >= 15 is 0 Å². The van der Waals surface area contributed by atoms with Crippen molar-refractivity contribution >= 4 is 5.78 Å². The molecule has 0 aliphatic heterocycles. The molecule has 0 aromatic carbocycles. The number of ketones is 1. The van der Waals surface area contributed by atoms with Crippen LogP contribution in [0, 0.1) is 11.3 Å². The molecule has 84 valence electrons. The second-order valence-electron chi connectivity index (χ2n) is 5.27. The monoisotopic (exact) mass is 206 g/mol. The molecule has 1 aliphatic rings. The van der Waals surface area contributed by atoms with E-state index in [1.54, 1.807) is 6.08 Å². The molecule has 1 saturated carbocycles. The van der Waals surface area contributed by atoms with Crippen LogP contribution >= 0.6 is 0 Å². The number of hydrogen-bond donors (Lipinski definition) is 0. The minimum atomic E-state index is 0.204. The molecule has 1 heteroatoms. The molecular formula is C14H22O. The Labute approximate surface area is 93.3 Å². The van der Waals surface area contributed by atoms with E-state index in [0.29, 0.717) is 11.8 Å². The lowest BCUT2D eigenvalue weighted by Crippen LogP contribution is -2.07. The van der Waals surface area contributed by atoms with Crippen molar-refractivity contribution in [3.05, 3.63) is 23.8 Å². The highest BCUT2D eigenvalue weighted by atomic mass is 16.1. The summed E-state index contributed by atoms with van der Waals surface area (Å²) in [5, 5.41) is 0. The molecule has 1 aliphatic carbocycles. The summed E-state index contributed by atoms with van der Waals surface area (Å²) < 4.78 is 0. The van der Waals surface area contributed by atoms with Gasteiger partial charge in [-0.1, -0.05) is 45.4 Å². The van der Waals surface area contributed by atoms with Gasteiger partial charge in [-0.2, -0.15) is 0 Å². The van der Waals surface area contributed by atoms with Gasteiger partial charge in [-0.3, -0.25) is 4.79 Å². The third kappa shape index (κ3) is 3.33. The van der Waals surface area contributed by atoms with Crippen molar-refractivity contribution in [2.24, 2.45) is 11.3 Å². The summed E-state index contributed by atoms with van der Waals surface area (Å²) in [6.45, 7) is 8.76. The lowest BCUT2D eigenvalue weighted by atomic mass is 9.86. The zero-order valence-corrected chi connectivity index (χ0v) is 10.3. The van der Waals surface area contributed by atoms with Crippen LogP contribution in [0.5, 0.6) is 0 Å². The fourth-order valence-electron chi connectivity index (χ4n) is 2.41. The van der Waals surface area contributed by atoms with Crippen molar-refractivity contribution in [3.8, 4) is 0 Å². The van der Waals surface area contributed by atoms with Crippen molar-refractivity contribution in [3.63, 3.8) is 0 Å². The molecule has 1 fully saturated rings. The average Bonchev–Trinajstić information content (AvgIpc) is 2.39. The summed E-state index contributed by atoms with van der Waals surface area (Å²) in [7, 11) is 0. The van der Waals surface area contributed by atoms with E-state index in [-0.39, 0.29) is 5.78 Å². The predicted molar refractivity (Wildman–Crippen MR) is 64.7 cm³/mol. The molecule has 1 nitrogen and oxygen atoms in total. The Kier molecular flexibility index (Phi) is 3.90. The van der Waals surface area contributed by atoms with Crippen molar-refractivity contribution in [1.29, 1.82) is 0 Å². The number of rotatable bonds is 3. The van der Waals surface area contributed by atoms with E-state index in [1.807, 2.05) is 13.0 Å². The van der Waals surface area contributed by atoms with Crippen molar-refractivity contribution in [2.45, 2.75) is 47.0 Å². The second-order valence-corrected chi connectivity index (χ2v) is 5.27. The molecular weight excluding hydrogens is 184 g/mol. The van der Waals surface area contributed by atoms with Gasteiger partial charge in [-0.15, -0.1) is 0 Å². The van der Waals surface area contributed by atoms with Crippen molar-refractivity contribution in [2.75, 3.05) is 0 Å². The Morgan fingerprint density at radius 2 is 2.20 bits per heavy atom. The van der Waals surface area contributed by atoms with Crippen LogP contribution in [-0.2, 0) is 4.79 Å². The molecule has 0 aromatic rings. The smallest absolute Gasteiger partial charge is 0.155 e. The minimum Gasteiger partial charge on any atom is -0.295 e. The van der Waals surface area contributed by atoms with Gasteiger partial charge >= 0.3 is 0 Å². The summed E-state index contributed by atoms with van der Waals surface area (Å²) in [4.78, 5) is 11.1. The van der Waals surface area contributed by atoms with Crippen LogP contribution < -0.4 is 0 Å². The molecule has 1 unspecified atom stereocenters. The Bertz CT molecular complexity index is 294. The van der Waals surface area contributed by atoms with Crippen LogP contribution in [0.4, 0.5) is 0 Å². The zero-order chi connectivity index (χ0) is 11.5. The largest absolute Gasteiger partial charge is 0.295 e. The molecule has 1 atom stereocenters. The molecule has 0 radical (unpaired) electrons. The molecule has 0 heterocycles. The molecule has 0 bridgehead atoms. The van der Waals surface area contributed by atoms with E-state index in [2.05, 4.69) is 26.8 Å². The lowest BCUT2D eigenvalue weighted by molar-refractivity contribution is -0.114. The van der Waals surface area contributed by atoms with Gasteiger partial charge in [-0.25, -0.2) is 0 Å². The van der Waals surface area contributed by atoms with Gasteiger partial charge in [0.1, 0.15) is 0 Å². The van der Waals surface area contributed by atoms with Crippen molar-refractivity contribution < 1.29 is 4.79 Å². The summed E-state index contributed by atoms with van der Waals surface area (Å²) >= 11 is 0. The van der Waals surface area contributed by atoms with Crippen LogP contribution in [0.2, 0.25) is 0 Å². The minimum absolute atomic E-state index is 0.204. The first kappa shape index (κ1) is 12.2. The fraction of sp³-hybridized carbons (Fsp3) is 0.643. The van der Waals surface area contributed by atoms with Gasteiger partial charge < -0.3 is 0 Å². The number of carbonyl (C=O) groups excluding carboxylic acids is 1. The van der Waals surface area contributed by atoms with E-state index in [1.165, 1.54) is 18.4 Å². The molecule has 0 aromatic heterocycles. The standard InChI is InChI=1S/C14H22O/c1-5-13(15)8-6-7-12-9-11(2)10-14(12,3)4/h6-8,11H,5,9-10H2,1-4H3/b8-6+,12-7+. The maximum absolute atomic E-state index is 11.1. The third-order valence-corrected chi connectivity index (χ3v) is 3.22. The van der Waals surface area contributed by atoms with Gasteiger partial charge in [0.15, 0.2) is 5.78 Å². The third-order valence-electron chi connectivity index (χ3n) is 3.22. The number of carbonyl (C=O) groups is 1. The van der Waals surface area contributed by atoms with Crippen molar-refractivity contribution in [1.82, 2.24) is 0 Å². The maximum atomic E-state index is 11.1. The number of hydrogen-bond acceptors (Lipinski definition) is 1. The van der Waals surface area contributed by atoms with E-state index in [9.17, 15) is 4.79 Å².